The van der Waals surface area contributed by atoms with E-state index in [1.54, 1.807) is 0 Å². The van der Waals surface area contributed by atoms with Gasteiger partial charge in [0.05, 0.1) is 0 Å². The molecule has 0 aliphatic carbocycles. The zero-order valence-electron chi connectivity index (χ0n) is 17.8. The maximum absolute atomic E-state index is 13.2. The van der Waals surface area contributed by atoms with Gasteiger partial charge in [0.25, 0.3) is 0 Å². The minimum absolute atomic E-state index is 0.0987. The highest BCUT2D eigenvalue weighted by Gasteiger charge is 2.48. The lowest BCUT2D eigenvalue weighted by Crippen LogP contribution is -2.57. The highest BCUT2D eigenvalue weighted by Crippen LogP contribution is 2.44. The molecule has 0 saturated carbocycles. The zero-order valence-corrected chi connectivity index (χ0v) is 17.8. The van der Waals surface area contributed by atoms with Crippen LogP contribution in [0.5, 0.6) is 0 Å². The average molecular weight is 431 g/mol. The van der Waals surface area contributed by atoms with E-state index < -0.39 is 29.4 Å². The molecule has 1 atom stereocenters. The van der Waals surface area contributed by atoms with Gasteiger partial charge in [0.2, 0.25) is 11.8 Å². The third-order valence-corrected chi connectivity index (χ3v) is 5.54. The van der Waals surface area contributed by atoms with Gasteiger partial charge >= 0.3 is 5.97 Å². The van der Waals surface area contributed by atoms with Gasteiger partial charge in [-0.1, -0.05) is 91.0 Å². The molecule has 3 N–H and O–H groups in total. The molecule has 0 fully saturated rings. The summed E-state index contributed by atoms with van der Waals surface area (Å²) in [5.41, 5.74) is 6.29. The van der Waals surface area contributed by atoms with E-state index in [1.165, 1.54) is 11.8 Å². The van der Waals surface area contributed by atoms with Gasteiger partial charge in [0.1, 0.15) is 11.6 Å². The van der Waals surface area contributed by atoms with Crippen LogP contribution in [0.15, 0.2) is 91.0 Å². The van der Waals surface area contributed by atoms with Crippen LogP contribution in [0.3, 0.4) is 0 Å². The molecule has 0 aliphatic heterocycles. The first-order chi connectivity index (χ1) is 15.4. The van der Waals surface area contributed by atoms with Crippen LogP contribution in [0.2, 0.25) is 0 Å². The lowest BCUT2D eigenvalue weighted by atomic mass is 9.74. The standard InChI is InChI=1S/C26H26N2O4/c1-19(29)28(23(25(31)32)17-18-24(27)30)26(20-11-5-2-6-12-20,21-13-7-3-8-14-21)22-15-9-4-10-16-22/h2-16,23H,17-18H2,1H3,(H2,27,30)(H,31,32)/t23-/m0/s1. The van der Waals surface area contributed by atoms with Crippen LogP contribution < -0.4 is 5.73 Å². The van der Waals surface area contributed by atoms with E-state index in [4.69, 9.17) is 5.73 Å². The Balaban J connectivity index is 2.41. The summed E-state index contributed by atoms with van der Waals surface area (Å²) >= 11 is 0. The predicted octanol–water partition coefficient (Wildman–Crippen LogP) is 3.55. The first-order valence-corrected chi connectivity index (χ1v) is 10.4. The summed E-state index contributed by atoms with van der Waals surface area (Å²) in [5, 5.41) is 10.2. The number of carboxylic acid groups (broad SMARTS) is 1. The van der Waals surface area contributed by atoms with Crippen molar-refractivity contribution in [3.8, 4) is 0 Å². The van der Waals surface area contributed by atoms with Crippen LogP contribution in [-0.2, 0) is 19.9 Å². The van der Waals surface area contributed by atoms with E-state index in [-0.39, 0.29) is 12.8 Å². The van der Waals surface area contributed by atoms with E-state index in [2.05, 4.69) is 0 Å². The van der Waals surface area contributed by atoms with E-state index >= 15 is 0 Å². The Morgan fingerprint density at radius 3 is 1.47 bits per heavy atom. The normalized spacial score (nSPS) is 12.0. The predicted molar refractivity (Wildman–Crippen MR) is 122 cm³/mol. The molecular weight excluding hydrogens is 404 g/mol. The summed E-state index contributed by atoms with van der Waals surface area (Å²) < 4.78 is 0. The van der Waals surface area contributed by atoms with E-state index in [1.807, 2.05) is 91.0 Å². The largest absolute Gasteiger partial charge is 0.480 e. The number of hydrogen-bond acceptors (Lipinski definition) is 3. The van der Waals surface area contributed by atoms with Gasteiger partial charge in [-0.05, 0) is 23.1 Å². The molecule has 0 saturated heterocycles. The van der Waals surface area contributed by atoms with Crippen molar-refractivity contribution in [3.63, 3.8) is 0 Å². The molecule has 3 aromatic rings. The smallest absolute Gasteiger partial charge is 0.326 e. The fourth-order valence-electron chi connectivity index (χ4n) is 4.29. The van der Waals surface area contributed by atoms with Gasteiger partial charge in [-0.15, -0.1) is 0 Å². The second-order valence-electron chi connectivity index (χ2n) is 7.56. The maximum Gasteiger partial charge on any atom is 0.326 e. The molecule has 3 aromatic carbocycles. The summed E-state index contributed by atoms with van der Waals surface area (Å²) in [7, 11) is 0. The number of carboxylic acids is 1. The van der Waals surface area contributed by atoms with Crippen molar-refractivity contribution >= 4 is 17.8 Å². The van der Waals surface area contributed by atoms with Crippen LogP contribution in [-0.4, -0.2) is 33.8 Å². The summed E-state index contributed by atoms with van der Waals surface area (Å²) in [4.78, 5) is 38.6. The minimum Gasteiger partial charge on any atom is -0.480 e. The minimum atomic E-state index is -1.28. The number of benzene rings is 3. The number of nitrogens with zero attached hydrogens (tertiary/aromatic N) is 1. The topological polar surface area (TPSA) is 101 Å². The fraction of sp³-hybridized carbons (Fsp3) is 0.192. The monoisotopic (exact) mass is 430 g/mol. The molecule has 0 bridgehead atoms. The van der Waals surface area contributed by atoms with Gasteiger partial charge in [-0.2, -0.15) is 0 Å². The number of hydrogen-bond donors (Lipinski definition) is 2. The van der Waals surface area contributed by atoms with Crippen molar-refractivity contribution in [2.75, 3.05) is 0 Å². The fourth-order valence-corrected chi connectivity index (χ4v) is 4.29. The van der Waals surface area contributed by atoms with Gasteiger partial charge in [0.15, 0.2) is 0 Å². The van der Waals surface area contributed by atoms with Gasteiger partial charge in [0, 0.05) is 13.3 Å². The van der Waals surface area contributed by atoms with Crippen LogP contribution >= 0.6 is 0 Å². The van der Waals surface area contributed by atoms with Crippen LogP contribution in [0.1, 0.15) is 36.5 Å². The molecular formula is C26H26N2O4. The average Bonchev–Trinajstić information content (AvgIpc) is 2.80. The van der Waals surface area contributed by atoms with Gasteiger partial charge < -0.3 is 15.7 Å². The number of aliphatic carboxylic acids is 1. The molecule has 0 heterocycles. The van der Waals surface area contributed by atoms with E-state index in [0.29, 0.717) is 0 Å². The molecule has 3 rings (SSSR count). The summed E-state index contributed by atoms with van der Waals surface area (Å²) in [6, 6.07) is 26.7. The Morgan fingerprint density at radius 2 is 1.19 bits per heavy atom. The second-order valence-corrected chi connectivity index (χ2v) is 7.56. The summed E-state index contributed by atoms with van der Waals surface area (Å²) in [5.74, 6) is -2.25. The lowest BCUT2D eigenvalue weighted by Gasteiger charge is -2.47. The number of carbonyl (C=O) groups is 3. The Labute approximate surface area is 187 Å². The third kappa shape index (κ3) is 4.39. The Bertz CT molecular complexity index is 972. The van der Waals surface area contributed by atoms with E-state index in [9.17, 15) is 19.5 Å². The van der Waals surface area contributed by atoms with Gasteiger partial charge in [-0.3, -0.25) is 9.59 Å². The highest BCUT2D eigenvalue weighted by atomic mass is 16.4. The Morgan fingerprint density at radius 1 is 0.812 bits per heavy atom. The summed E-state index contributed by atoms with van der Waals surface area (Å²) in [6.45, 7) is 1.35. The number of primary amides is 1. The van der Waals surface area contributed by atoms with Crippen molar-refractivity contribution in [1.29, 1.82) is 0 Å². The third-order valence-electron chi connectivity index (χ3n) is 5.54. The van der Waals surface area contributed by atoms with Crippen molar-refractivity contribution in [2.45, 2.75) is 31.3 Å². The Kier molecular flexibility index (Phi) is 7.05. The first-order valence-electron chi connectivity index (χ1n) is 10.4. The Hall–Kier alpha value is -3.93. The lowest BCUT2D eigenvalue weighted by molar-refractivity contribution is -0.154. The molecule has 0 aromatic heterocycles. The number of carbonyl (C=O) groups excluding carboxylic acids is 2. The van der Waals surface area contributed by atoms with Crippen LogP contribution in [0.25, 0.3) is 0 Å². The molecule has 0 radical (unpaired) electrons. The summed E-state index contributed by atoms with van der Waals surface area (Å²) in [6.07, 6.45) is -0.256. The molecule has 6 nitrogen and oxygen atoms in total. The molecule has 6 heteroatoms. The van der Waals surface area contributed by atoms with Gasteiger partial charge in [-0.25, -0.2) is 4.79 Å². The maximum atomic E-state index is 13.2. The molecule has 2 amide bonds. The molecule has 32 heavy (non-hydrogen) atoms. The highest BCUT2D eigenvalue weighted by molar-refractivity contribution is 5.85. The molecule has 0 unspecified atom stereocenters. The number of nitrogens with two attached hydrogens (primary N) is 1. The quantitative estimate of drug-likeness (QED) is 0.507. The second kappa shape index (κ2) is 9.92. The molecule has 164 valence electrons. The zero-order chi connectivity index (χ0) is 23.1. The van der Waals surface area contributed by atoms with Crippen molar-refractivity contribution in [1.82, 2.24) is 4.90 Å². The van der Waals surface area contributed by atoms with Crippen molar-refractivity contribution < 1.29 is 19.5 Å². The number of amides is 2. The molecule has 0 spiro atoms. The number of rotatable bonds is 9. The molecule has 0 aliphatic rings. The van der Waals surface area contributed by atoms with Crippen molar-refractivity contribution in [3.05, 3.63) is 108 Å². The van der Waals surface area contributed by atoms with Crippen LogP contribution in [0, 0.1) is 0 Å². The SMILES string of the molecule is CC(=O)N([C@@H](CCC(N)=O)C(=O)O)C(c1ccccc1)(c1ccccc1)c1ccccc1. The first kappa shape index (κ1) is 22.7. The van der Waals surface area contributed by atoms with Crippen molar-refractivity contribution in [2.24, 2.45) is 5.73 Å². The van der Waals surface area contributed by atoms with E-state index in [0.717, 1.165) is 16.7 Å². The van der Waals surface area contributed by atoms with Crippen LogP contribution in [0.4, 0.5) is 0 Å².